The minimum Gasteiger partial charge on any atom is -0.481 e. The second kappa shape index (κ2) is 9.72. The van der Waals surface area contributed by atoms with Gasteiger partial charge in [0.25, 0.3) is 0 Å². The highest BCUT2D eigenvalue weighted by Crippen LogP contribution is 2.50. The summed E-state index contributed by atoms with van der Waals surface area (Å²) in [5.74, 6) is -1.83. The maximum Gasteiger partial charge on any atom is 0.416 e. The number of Topliss-reactive ketones (excluding diaryl/α,β-unsaturated/α-hetero) is 1. The number of aliphatic carboxylic acids is 1. The summed E-state index contributed by atoms with van der Waals surface area (Å²) in [6.07, 6.45) is 5.57. The molecule has 34 heavy (non-hydrogen) atoms. The van der Waals surface area contributed by atoms with Crippen molar-refractivity contribution in [2.75, 3.05) is 0 Å². The van der Waals surface area contributed by atoms with E-state index >= 15 is 0 Å². The van der Waals surface area contributed by atoms with E-state index in [1.165, 1.54) is 19.2 Å². The van der Waals surface area contributed by atoms with Gasteiger partial charge < -0.3 is 5.11 Å². The molecule has 1 N–H and O–H groups in total. The maximum atomic E-state index is 13.0. The van der Waals surface area contributed by atoms with Crippen LogP contribution in [-0.2, 0) is 15.8 Å². The van der Waals surface area contributed by atoms with Crippen LogP contribution in [-0.4, -0.2) is 21.8 Å². The molecule has 2 aliphatic carbocycles. The lowest BCUT2D eigenvalue weighted by Gasteiger charge is -2.46. The summed E-state index contributed by atoms with van der Waals surface area (Å²) < 4.78 is 39.1. The Balaban J connectivity index is 1.59. The third kappa shape index (κ3) is 5.08. The Kier molecular flexibility index (Phi) is 6.91. The number of carboxylic acid groups (broad SMARTS) is 1. The predicted molar refractivity (Wildman–Crippen MR) is 123 cm³/mol. The van der Waals surface area contributed by atoms with E-state index in [9.17, 15) is 27.9 Å². The van der Waals surface area contributed by atoms with Gasteiger partial charge in [0.05, 0.1) is 17.2 Å². The maximum absolute atomic E-state index is 13.0. The molecule has 0 unspecified atom stereocenters. The lowest BCUT2D eigenvalue weighted by molar-refractivity contribution is -0.152. The van der Waals surface area contributed by atoms with Crippen LogP contribution in [0.2, 0.25) is 0 Å². The molecule has 7 heteroatoms. The summed E-state index contributed by atoms with van der Waals surface area (Å²) in [6, 6.07) is 8.56. The van der Waals surface area contributed by atoms with E-state index < -0.39 is 29.5 Å². The summed E-state index contributed by atoms with van der Waals surface area (Å²) >= 11 is 0. The van der Waals surface area contributed by atoms with Gasteiger partial charge in [0.2, 0.25) is 0 Å². The summed E-state index contributed by atoms with van der Waals surface area (Å²) in [7, 11) is 0. The number of pyridine rings is 1. The van der Waals surface area contributed by atoms with Crippen molar-refractivity contribution in [2.24, 2.45) is 29.6 Å². The van der Waals surface area contributed by atoms with Gasteiger partial charge in [0, 0.05) is 17.7 Å². The fourth-order valence-corrected chi connectivity index (χ4v) is 5.87. The van der Waals surface area contributed by atoms with Crippen LogP contribution in [0.4, 0.5) is 13.2 Å². The smallest absolute Gasteiger partial charge is 0.416 e. The van der Waals surface area contributed by atoms with Gasteiger partial charge in [0.15, 0.2) is 0 Å². The molecule has 0 radical (unpaired) electrons. The number of benzene rings is 1. The largest absolute Gasteiger partial charge is 0.481 e. The number of carbonyl (C=O) groups is 2. The van der Waals surface area contributed by atoms with Crippen LogP contribution >= 0.6 is 0 Å². The highest BCUT2D eigenvalue weighted by molar-refractivity contribution is 5.85. The molecule has 0 aliphatic heterocycles. The van der Waals surface area contributed by atoms with Gasteiger partial charge in [-0.05, 0) is 67.4 Å². The Morgan fingerprint density at radius 3 is 2.50 bits per heavy atom. The molecule has 4 nitrogen and oxygen atoms in total. The van der Waals surface area contributed by atoms with Crippen LogP contribution in [0.5, 0.6) is 0 Å². The first-order chi connectivity index (χ1) is 16.1. The fraction of sp³-hybridized carbons (Fsp3) is 0.444. The summed E-state index contributed by atoms with van der Waals surface area (Å²) in [5, 5.41) is 9.80. The highest BCUT2D eigenvalue weighted by atomic mass is 19.4. The first kappa shape index (κ1) is 24.2. The van der Waals surface area contributed by atoms with Gasteiger partial charge >= 0.3 is 12.1 Å². The number of halogens is 3. The van der Waals surface area contributed by atoms with Crippen LogP contribution in [0.3, 0.4) is 0 Å². The van der Waals surface area contributed by atoms with E-state index in [4.69, 9.17) is 0 Å². The van der Waals surface area contributed by atoms with E-state index in [1.54, 1.807) is 18.2 Å². The Hall–Kier alpha value is -2.96. The number of hydrogen-bond acceptors (Lipinski definition) is 3. The lowest BCUT2D eigenvalue weighted by atomic mass is 9.57. The number of carboxylic acids is 1. The predicted octanol–water partition coefficient (Wildman–Crippen LogP) is 6.51. The monoisotopic (exact) mass is 471 g/mol. The number of aromatic nitrogens is 1. The zero-order valence-electron chi connectivity index (χ0n) is 19.0. The number of rotatable bonds is 5. The van der Waals surface area contributed by atoms with E-state index in [0.717, 1.165) is 37.8 Å². The van der Waals surface area contributed by atoms with Crippen LogP contribution in [0.15, 0.2) is 48.7 Å². The van der Waals surface area contributed by atoms with E-state index in [2.05, 4.69) is 4.98 Å². The van der Waals surface area contributed by atoms with Crippen molar-refractivity contribution in [3.8, 4) is 11.1 Å². The lowest BCUT2D eigenvalue weighted by Crippen LogP contribution is -2.46. The summed E-state index contributed by atoms with van der Waals surface area (Å²) in [5.41, 5.74) is 0.899. The third-order valence-electron chi connectivity index (χ3n) is 7.45. The topological polar surface area (TPSA) is 67.3 Å². The normalized spacial score (nSPS) is 27.4. The van der Waals surface area contributed by atoms with Gasteiger partial charge in [0.1, 0.15) is 5.78 Å². The Labute approximate surface area is 196 Å². The van der Waals surface area contributed by atoms with Gasteiger partial charge in [-0.15, -0.1) is 0 Å². The van der Waals surface area contributed by atoms with Gasteiger partial charge in [-0.2, -0.15) is 13.2 Å². The molecule has 0 bridgehead atoms. The number of carbonyl (C=O) groups excluding carboxylic acids is 1. The van der Waals surface area contributed by atoms with Crippen LogP contribution < -0.4 is 0 Å². The second-order valence-electron chi connectivity index (χ2n) is 9.51. The first-order valence-electron chi connectivity index (χ1n) is 11.7. The molecule has 0 saturated heterocycles. The summed E-state index contributed by atoms with van der Waals surface area (Å²) in [4.78, 5) is 28.9. The van der Waals surface area contributed by atoms with Gasteiger partial charge in [-0.1, -0.05) is 43.5 Å². The van der Waals surface area contributed by atoms with E-state index in [-0.39, 0.29) is 17.6 Å². The minimum atomic E-state index is -4.41. The number of hydrogen-bond donors (Lipinski definition) is 1. The first-order valence-corrected chi connectivity index (χ1v) is 11.7. The van der Waals surface area contributed by atoms with E-state index in [1.807, 2.05) is 12.2 Å². The third-order valence-corrected chi connectivity index (χ3v) is 7.45. The zero-order chi connectivity index (χ0) is 24.5. The van der Waals surface area contributed by atoms with Crippen molar-refractivity contribution in [2.45, 2.75) is 45.2 Å². The van der Waals surface area contributed by atoms with Crippen molar-refractivity contribution in [1.82, 2.24) is 4.98 Å². The van der Waals surface area contributed by atoms with Crippen molar-refractivity contribution < 1.29 is 27.9 Å². The van der Waals surface area contributed by atoms with Crippen LogP contribution in [0, 0.1) is 29.6 Å². The molecular formula is C27H28F3NO3. The number of nitrogens with zero attached hydrogens (tertiary/aromatic N) is 1. The molecular weight excluding hydrogens is 443 g/mol. The molecule has 2 aromatic rings. The van der Waals surface area contributed by atoms with E-state index in [0.29, 0.717) is 29.2 Å². The number of alkyl halides is 3. The molecule has 0 amide bonds. The number of allylic oxidation sites excluding steroid dienone is 1. The molecule has 0 spiro atoms. The fourth-order valence-electron chi connectivity index (χ4n) is 5.87. The highest BCUT2D eigenvalue weighted by Gasteiger charge is 2.48. The van der Waals surface area contributed by atoms with Crippen molar-refractivity contribution in [3.63, 3.8) is 0 Å². The zero-order valence-corrected chi connectivity index (χ0v) is 19.0. The average Bonchev–Trinajstić information content (AvgIpc) is 2.81. The van der Waals surface area contributed by atoms with Gasteiger partial charge in [-0.3, -0.25) is 14.6 Å². The Bertz CT molecular complexity index is 1080. The molecule has 1 aromatic carbocycles. The number of ketones is 1. The molecule has 1 heterocycles. The standard InChI is InChI=1S/C27H28F3NO3/c1-16(32)25-23(22-8-3-2-5-18(22)14-24(25)26(33)34)12-11-21-10-9-19(15-31-21)17-6-4-7-20(13-17)27(28,29)30/h4,6-7,9-13,15,18,22-25H,2-3,5,8,14H2,1H3,(H,33,34)/b12-11+/t18-,22+,23-,24+,25+/m0/s1. The van der Waals surface area contributed by atoms with Crippen molar-refractivity contribution >= 4 is 17.8 Å². The molecule has 1 aromatic heterocycles. The molecule has 5 atom stereocenters. The van der Waals surface area contributed by atoms with Crippen LogP contribution in [0.1, 0.15) is 50.3 Å². The Morgan fingerprint density at radius 2 is 1.85 bits per heavy atom. The van der Waals surface area contributed by atoms with Gasteiger partial charge in [-0.25, -0.2) is 0 Å². The Morgan fingerprint density at radius 1 is 1.09 bits per heavy atom. The summed E-state index contributed by atoms with van der Waals surface area (Å²) in [6.45, 7) is 1.48. The molecule has 180 valence electrons. The molecule has 2 fully saturated rings. The molecule has 4 rings (SSSR count). The minimum absolute atomic E-state index is 0.0982. The van der Waals surface area contributed by atoms with Crippen molar-refractivity contribution in [1.29, 1.82) is 0 Å². The molecule has 2 aliphatic rings. The average molecular weight is 472 g/mol. The number of fused-ring (bicyclic) bond motifs is 1. The van der Waals surface area contributed by atoms with Crippen molar-refractivity contribution in [3.05, 3.63) is 59.9 Å². The molecule has 2 saturated carbocycles. The quantitative estimate of drug-likeness (QED) is 0.540. The SMILES string of the molecule is CC(=O)[C@@H]1[C@@H](/C=C/c2ccc(-c3cccc(C(F)(F)F)c3)cn2)[C@@H]2CCCC[C@H]2C[C@H]1C(=O)O. The second-order valence-corrected chi connectivity index (χ2v) is 9.51. The van der Waals surface area contributed by atoms with Crippen LogP contribution in [0.25, 0.3) is 17.2 Å².